The molecule has 1 aliphatic rings. The highest BCUT2D eigenvalue weighted by Crippen LogP contribution is 2.32. The molecular weight excluding hydrogens is 202 g/mol. The number of nitrogens with one attached hydrogen (secondary N) is 1. The molecule has 1 rings (SSSR count). The molecule has 0 aliphatic heterocycles. The fourth-order valence-electron chi connectivity index (χ4n) is 2.63. The van der Waals surface area contributed by atoms with E-state index >= 15 is 0 Å². The lowest BCUT2D eigenvalue weighted by Gasteiger charge is -2.31. The summed E-state index contributed by atoms with van der Waals surface area (Å²) in [5.74, 6) is -0.201. The molecule has 3 N–H and O–H groups in total. The second-order valence-corrected chi connectivity index (χ2v) is 5.22. The van der Waals surface area contributed by atoms with Crippen molar-refractivity contribution in [2.75, 3.05) is 13.6 Å². The van der Waals surface area contributed by atoms with Crippen LogP contribution in [0.1, 0.15) is 40.0 Å². The molecule has 2 atom stereocenters. The van der Waals surface area contributed by atoms with Crippen LogP contribution in [0, 0.1) is 0 Å². The molecule has 0 radical (unpaired) electrons. The van der Waals surface area contributed by atoms with Crippen molar-refractivity contribution in [3.8, 4) is 0 Å². The number of carbonyl (C=O) groups is 1. The highest BCUT2D eigenvalue weighted by atomic mass is 16.1. The van der Waals surface area contributed by atoms with E-state index in [0.29, 0.717) is 6.04 Å². The number of nitrogens with zero attached hydrogens (tertiary/aromatic N) is 1. The van der Waals surface area contributed by atoms with Crippen LogP contribution >= 0.6 is 0 Å². The summed E-state index contributed by atoms with van der Waals surface area (Å²) >= 11 is 0. The summed E-state index contributed by atoms with van der Waals surface area (Å²) in [6.07, 6.45) is 2.74. The normalized spacial score (nSPS) is 30.2. The van der Waals surface area contributed by atoms with Gasteiger partial charge in [0.2, 0.25) is 5.91 Å². The van der Waals surface area contributed by atoms with E-state index < -0.39 is 5.54 Å². The fraction of sp³-hybridized carbons (Fsp3) is 0.917. The summed E-state index contributed by atoms with van der Waals surface area (Å²) in [5.41, 5.74) is 5.08. The number of hydrogen-bond donors (Lipinski definition) is 2. The zero-order chi connectivity index (χ0) is 12.3. The molecule has 1 aliphatic carbocycles. The lowest BCUT2D eigenvalue weighted by Crippen LogP contribution is -2.56. The zero-order valence-corrected chi connectivity index (χ0v) is 10.9. The van der Waals surface area contributed by atoms with Gasteiger partial charge in [0.05, 0.1) is 5.54 Å². The molecule has 0 aromatic rings. The molecule has 0 aromatic carbocycles. The Morgan fingerprint density at radius 2 is 2.25 bits per heavy atom. The van der Waals surface area contributed by atoms with Gasteiger partial charge in [0.15, 0.2) is 0 Å². The number of primary amides is 1. The highest BCUT2D eigenvalue weighted by molar-refractivity contribution is 5.85. The summed E-state index contributed by atoms with van der Waals surface area (Å²) in [4.78, 5) is 14.0. The van der Waals surface area contributed by atoms with Crippen molar-refractivity contribution >= 4 is 5.91 Å². The molecule has 1 amide bonds. The first-order chi connectivity index (χ1) is 7.41. The summed E-state index contributed by atoms with van der Waals surface area (Å²) in [6, 6.07) is 0.766. The van der Waals surface area contributed by atoms with Gasteiger partial charge < -0.3 is 16.0 Å². The molecule has 0 bridgehead atoms. The van der Waals surface area contributed by atoms with Gasteiger partial charge in [-0.2, -0.15) is 0 Å². The molecule has 2 unspecified atom stereocenters. The Morgan fingerprint density at radius 3 is 2.69 bits per heavy atom. The van der Waals surface area contributed by atoms with Gasteiger partial charge in [-0.1, -0.05) is 6.92 Å². The van der Waals surface area contributed by atoms with E-state index in [9.17, 15) is 4.79 Å². The average molecular weight is 227 g/mol. The minimum Gasteiger partial charge on any atom is -0.368 e. The summed E-state index contributed by atoms with van der Waals surface area (Å²) in [6.45, 7) is 7.27. The Kier molecular flexibility index (Phi) is 4.33. The Hall–Kier alpha value is -0.610. The maximum absolute atomic E-state index is 11.7. The van der Waals surface area contributed by atoms with Crippen molar-refractivity contribution in [1.29, 1.82) is 0 Å². The molecule has 1 fully saturated rings. The molecule has 4 heteroatoms. The molecule has 0 spiro atoms. The van der Waals surface area contributed by atoms with E-state index in [4.69, 9.17) is 5.73 Å². The van der Waals surface area contributed by atoms with Crippen molar-refractivity contribution in [2.24, 2.45) is 5.73 Å². The molecule has 0 aromatic heterocycles. The quantitative estimate of drug-likeness (QED) is 0.727. The van der Waals surface area contributed by atoms with Gasteiger partial charge in [0.1, 0.15) is 0 Å². The van der Waals surface area contributed by atoms with Gasteiger partial charge in [0, 0.05) is 12.1 Å². The van der Waals surface area contributed by atoms with Gasteiger partial charge >= 0.3 is 0 Å². The van der Waals surface area contributed by atoms with Gasteiger partial charge in [-0.3, -0.25) is 4.79 Å². The highest BCUT2D eigenvalue weighted by Gasteiger charge is 2.44. The van der Waals surface area contributed by atoms with Crippen LogP contribution in [0.15, 0.2) is 0 Å². The summed E-state index contributed by atoms with van der Waals surface area (Å²) < 4.78 is 0. The second kappa shape index (κ2) is 5.15. The minimum absolute atomic E-state index is 0.201. The van der Waals surface area contributed by atoms with Gasteiger partial charge in [0.25, 0.3) is 0 Å². The van der Waals surface area contributed by atoms with E-state index in [1.165, 1.54) is 0 Å². The van der Waals surface area contributed by atoms with Crippen molar-refractivity contribution < 1.29 is 4.79 Å². The summed E-state index contributed by atoms with van der Waals surface area (Å²) in [7, 11) is 2.11. The Bertz CT molecular complexity index is 255. The minimum atomic E-state index is -0.484. The van der Waals surface area contributed by atoms with E-state index in [1.807, 2.05) is 0 Å². The van der Waals surface area contributed by atoms with Crippen LogP contribution in [-0.2, 0) is 4.79 Å². The van der Waals surface area contributed by atoms with Crippen molar-refractivity contribution in [3.63, 3.8) is 0 Å². The molecule has 0 heterocycles. The lowest BCUT2D eigenvalue weighted by molar-refractivity contribution is -0.124. The zero-order valence-electron chi connectivity index (χ0n) is 10.9. The standard InChI is InChI=1S/C12H25N3O/c1-5-15(4)10-6-7-12(8-10,11(13)16)14-9(2)3/h9-10,14H,5-8H2,1-4H3,(H2,13,16). The lowest BCUT2D eigenvalue weighted by atomic mass is 9.95. The van der Waals surface area contributed by atoms with E-state index in [0.717, 1.165) is 25.8 Å². The fourth-order valence-corrected chi connectivity index (χ4v) is 2.63. The van der Waals surface area contributed by atoms with Crippen LogP contribution in [0.2, 0.25) is 0 Å². The maximum atomic E-state index is 11.7. The monoisotopic (exact) mass is 227 g/mol. The van der Waals surface area contributed by atoms with Gasteiger partial charge in [-0.15, -0.1) is 0 Å². The SMILES string of the molecule is CCN(C)C1CCC(NC(C)C)(C(N)=O)C1. The largest absolute Gasteiger partial charge is 0.368 e. The number of hydrogen-bond acceptors (Lipinski definition) is 3. The van der Waals surface area contributed by atoms with Crippen LogP contribution in [0.3, 0.4) is 0 Å². The predicted octanol–water partition coefficient (Wildman–Crippen LogP) is 0.713. The Balaban J connectivity index is 2.72. The molecule has 0 saturated heterocycles. The smallest absolute Gasteiger partial charge is 0.237 e. The van der Waals surface area contributed by atoms with E-state index in [-0.39, 0.29) is 11.9 Å². The third-order valence-electron chi connectivity index (χ3n) is 3.65. The predicted molar refractivity (Wildman–Crippen MR) is 66.1 cm³/mol. The summed E-state index contributed by atoms with van der Waals surface area (Å²) in [5, 5.41) is 3.36. The molecule has 4 nitrogen and oxygen atoms in total. The van der Waals surface area contributed by atoms with Crippen LogP contribution in [0.4, 0.5) is 0 Å². The average Bonchev–Trinajstić information content (AvgIpc) is 2.61. The number of amides is 1. The van der Waals surface area contributed by atoms with Gasteiger partial charge in [-0.05, 0) is 46.7 Å². The van der Waals surface area contributed by atoms with E-state index in [2.05, 4.69) is 38.0 Å². The van der Waals surface area contributed by atoms with Crippen LogP contribution in [-0.4, -0.2) is 42.0 Å². The maximum Gasteiger partial charge on any atom is 0.237 e. The Labute approximate surface area is 98.6 Å². The first kappa shape index (κ1) is 13.5. The number of carbonyl (C=O) groups excluding carboxylic acids is 1. The van der Waals surface area contributed by atoms with Crippen LogP contribution in [0.25, 0.3) is 0 Å². The molecule has 94 valence electrons. The van der Waals surface area contributed by atoms with Crippen molar-refractivity contribution in [3.05, 3.63) is 0 Å². The van der Waals surface area contributed by atoms with Crippen molar-refractivity contribution in [2.45, 2.75) is 57.7 Å². The third kappa shape index (κ3) is 2.74. The van der Waals surface area contributed by atoms with Crippen LogP contribution in [0.5, 0.6) is 0 Å². The van der Waals surface area contributed by atoms with Crippen molar-refractivity contribution in [1.82, 2.24) is 10.2 Å². The second-order valence-electron chi connectivity index (χ2n) is 5.22. The van der Waals surface area contributed by atoms with Gasteiger partial charge in [-0.25, -0.2) is 0 Å². The van der Waals surface area contributed by atoms with Crippen LogP contribution < -0.4 is 11.1 Å². The molecule has 1 saturated carbocycles. The third-order valence-corrected chi connectivity index (χ3v) is 3.65. The molecule has 16 heavy (non-hydrogen) atoms. The number of nitrogens with two attached hydrogens (primary N) is 1. The van der Waals surface area contributed by atoms with E-state index in [1.54, 1.807) is 0 Å². The first-order valence-electron chi connectivity index (χ1n) is 6.19. The Morgan fingerprint density at radius 1 is 1.62 bits per heavy atom. The first-order valence-corrected chi connectivity index (χ1v) is 6.19. The molecular formula is C12H25N3O. The topological polar surface area (TPSA) is 58.4 Å². The number of rotatable bonds is 5.